The van der Waals surface area contributed by atoms with Gasteiger partial charge in [0, 0.05) is 11.5 Å². The van der Waals surface area contributed by atoms with E-state index in [1.807, 2.05) is 0 Å². The van der Waals surface area contributed by atoms with Gasteiger partial charge < -0.3 is 4.74 Å². The lowest BCUT2D eigenvalue weighted by Crippen LogP contribution is -2.03. The van der Waals surface area contributed by atoms with Gasteiger partial charge in [0.05, 0.1) is 22.1 Å². The molecule has 0 aliphatic rings. The molecule has 1 aromatic rings. The van der Waals surface area contributed by atoms with Crippen molar-refractivity contribution in [3.63, 3.8) is 0 Å². The number of hydrogen-bond donors (Lipinski definition) is 0. The van der Waals surface area contributed by atoms with E-state index in [9.17, 15) is 14.5 Å². The fourth-order valence-corrected chi connectivity index (χ4v) is 1.72. The highest BCUT2D eigenvalue weighted by molar-refractivity contribution is 9.10. The average Bonchev–Trinajstić information content (AvgIpc) is 2.30. The first-order valence-electron chi connectivity index (χ1n) is 4.83. The van der Waals surface area contributed by atoms with Crippen LogP contribution in [0.2, 0.25) is 0 Å². The Hall–Kier alpha value is -1.86. The number of halogens is 2. The summed E-state index contributed by atoms with van der Waals surface area (Å²) in [4.78, 5) is 12.6. The SMILES string of the molecule is [N-]=[N+]=NCCCOc1c(Br)cc(F)cc1[N+](=O)[O-]. The molecule has 0 amide bonds. The molecule has 0 saturated heterocycles. The first kappa shape index (κ1) is 14.2. The molecule has 18 heavy (non-hydrogen) atoms. The van der Waals surface area contributed by atoms with Crippen LogP contribution in [-0.4, -0.2) is 18.1 Å². The van der Waals surface area contributed by atoms with Crippen LogP contribution in [0.25, 0.3) is 10.4 Å². The number of nitro groups is 1. The molecular weight excluding hydrogens is 311 g/mol. The Kier molecular flexibility index (Phi) is 5.34. The number of nitrogens with zero attached hydrogens (tertiary/aromatic N) is 4. The van der Waals surface area contributed by atoms with E-state index in [-0.39, 0.29) is 23.4 Å². The van der Waals surface area contributed by atoms with Gasteiger partial charge in [0.25, 0.3) is 0 Å². The first-order chi connectivity index (χ1) is 8.56. The Bertz CT molecular complexity index is 505. The summed E-state index contributed by atoms with van der Waals surface area (Å²) in [6.45, 7) is 0.354. The monoisotopic (exact) mass is 318 g/mol. The van der Waals surface area contributed by atoms with Gasteiger partial charge in [0.2, 0.25) is 5.75 Å². The van der Waals surface area contributed by atoms with Crippen molar-refractivity contribution in [2.75, 3.05) is 13.2 Å². The molecule has 0 radical (unpaired) electrons. The lowest BCUT2D eigenvalue weighted by molar-refractivity contribution is -0.386. The second kappa shape index (κ2) is 6.77. The fourth-order valence-electron chi connectivity index (χ4n) is 1.18. The standard InChI is InChI=1S/C9H8BrFN4O3/c10-7-4-6(11)5-8(15(16)17)9(7)18-3-1-2-13-14-12/h4-5H,1-3H2. The van der Waals surface area contributed by atoms with Crippen molar-refractivity contribution >= 4 is 21.6 Å². The minimum atomic E-state index is -0.727. The van der Waals surface area contributed by atoms with Crippen molar-refractivity contribution in [1.29, 1.82) is 0 Å². The lowest BCUT2D eigenvalue weighted by Gasteiger charge is -2.08. The number of azide groups is 1. The van der Waals surface area contributed by atoms with E-state index in [0.717, 1.165) is 12.1 Å². The maximum atomic E-state index is 13.0. The molecule has 7 nitrogen and oxygen atoms in total. The van der Waals surface area contributed by atoms with Gasteiger partial charge in [-0.2, -0.15) is 0 Å². The van der Waals surface area contributed by atoms with Gasteiger partial charge in [0.15, 0.2) is 0 Å². The molecule has 0 N–H and O–H groups in total. The molecule has 0 saturated carbocycles. The van der Waals surface area contributed by atoms with Gasteiger partial charge in [-0.15, -0.1) is 0 Å². The van der Waals surface area contributed by atoms with E-state index in [4.69, 9.17) is 10.3 Å². The normalized spacial score (nSPS) is 9.67. The predicted molar refractivity (Wildman–Crippen MR) is 64.9 cm³/mol. The largest absolute Gasteiger partial charge is 0.486 e. The summed E-state index contributed by atoms with van der Waals surface area (Å²) in [6, 6.07) is 1.86. The van der Waals surface area contributed by atoms with Gasteiger partial charge in [-0.05, 0) is 33.9 Å². The van der Waals surface area contributed by atoms with Gasteiger partial charge in [0.1, 0.15) is 5.82 Å². The van der Waals surface area contributed by atoms with Crippen LogP contribution in [0.4, 0.5) is 10.1 Å². The topological polar surface area (TPSA) is 101 Å². The van der Waals surface area contributed by atoms with Crippen LogP contribution >= 0.6 is 15.9 Å². The smallest absolute Gasteiger partial charge is 0.315 e. The molecular formula is C9H8BrFN4O3. The second-order valence-electron chi connectivity index (χ2n) is 3.15. The van der Waals surface area contributed by atoms with E-state index in [2.05, 4.69) is 26.0 Å². The Morgan fingerprint density at radius 2 is 2.33 bits per heavy atom. The third kappa shape index (κ3) is 3.86. The Morgan fingerprint density at radius 1 is 1.61 bits per heavy atom. The second-order valence-corrected chi connectivity index (χ2v) is 4.00. The maximum absolute atomic E-state index is 13.0. The molecule has 0 aliphatic carbocycles. The predicted octanol–water partition coefficient (Wildman–Crippen LogP) is 3.58. The zero-order chi connectivity index (χ0) is 13.5. The van der Waals surface area contributed by atoms with Crippen molar-refractivity contribution < 1.29 is 14.1 Å². The number of ether oxygens (including phenoxy) is 1. The fraction of sp³-hybridized carbons (Fsp3) is 0.333. The van der Waals surface area contributed by atoms with Crippen LogP contribution in [0.1, 0.15) is 6.42 Å². The van der Waals surface area contributed by atoms with Crippen LogP contribution in [0.3, 0.4) is 0 Å². The zero-order valence-electron chi connectivity index (χ0n) is 9.05. The van der Waals surface area contributed by atoms with E-state index in [1.165, 1.54) is 0 Å². The van der Waals surface area contributed by atoms with Crippen molar-refractivity contribution in [2.24, 2.45) is 5.11 Å². The maximum Gasteiger partial charge on any atom is 0.315 e. The zero-order valence-corrected chi connectivity index (χ0v) is 10.6. The Balaban J connectivity index is 2.80. The van der Waals surface area contributed by atoms with E-state index < -0.39 is 16.4 Å². The molecule has 0 bridgehead atoms. The Labute approximate surface area is 109 Å². The minimum absolute atomic E-state index is 0.0395. The van der Waals surface area contributed by atoms with Gasteiger partial charge >= 0.3 is 5.69 Å². The van der Waals surface area contributed by atoms with Gasteiger partial charge in [-0.3, -0.25) is 10.1 Å². The summed E-state index contributed by atoms with van der Waals surface area (Å²) in [5, 5.41) is 14.0. The summed E-state index contributed by atoms with van der Waals surface area (Å²) in [6.07, 6.45) is 0.408. The summed E-state index contributed by atoms with van der Waals surface area (Å²) in [5.74, 6) is -0.766. The summed E-state index contributed by atoms with van der Waals surface area (Å²) in [5.41, 5.74) is 7.60. The third-order valence-electron chi connectivity index (χ3n) is 1.90. The molecule has 9 heteroatoms. The lowest BCUT2D eigenvalue weighted by atomic mass is 10.3. The molecule has 96 valence electrons. The Morgan fingerprint density at radius 3 is 2.94 bits per heavy atom. The highest BCUT2D eigenvalue weighted by Crippen LogP contribution is 2.35. The summed E-state index contributed by atoms with van der Waals surface area (Å²) >= 11 is 3.00. The molecule has 0 spiro atoms. The molecule has 0 unspecified atom stereocenters. The van der Waals surface area contributed by atoms with E-state index >= 15 is 0 Å². The van der Waals surface area contributed by atoms with Crippen molar-refractivity contribution in [1.82, 2.24) is 0 Å². The van der Waals surface area contributed by atoms with Gasteiger partial charge in [-0.1, -0.05) is 5.11 Å². The van der Waals surface area contributed by atoms with Crippen LogP contribution in [-0.2, 0) is 0 Å². The average molecular weight is 319 g/mol. The molecule has 1 aromatic carbocycles. The molecule has 1 rings (SSSR count). The number of rotatable bonds is 6. The number of hydrogen-bond acceptors (Lipinski definition) is 4. The quantitative estimate of drug-likeness (QED) is 0.200. The van der Waals surface area contributed by atoms with Crippen LogP contribution in [0.5, 0.6) is 5.75 Å². The highest BCUT2D eigenvalue weighted by Gasteiger charge is 2.20. The summed E-state index contributed by atoms with van der Waals surface area (Å²) in [7, 11) is 0. The van der Waals surface area contributed by atoms with Crippen molar-refractivity contribution in [3.8, 4) is 5.75 Å². The van der Waals surface area contributed by atoms with Crippen molar-refractivity contribution in [2.45, 2.75) is 6.42 Å². The van der Waals surface area contributed by atoms with E-state index in [0.29, 0.717) is 6.42 Å². The minimum Gasteiger partial charge on any atom is -0.486 e. The molecule has 0 aromatic heterocycles. The van der Waals surface area contributed by atoms with Crippen LogP contribution in [0.15, 0.2) is 21.7 Å². The first-order valence-corrected chi connectivity index (χ1v) is 5.62. The van der Waals surface area contributed by atoms with E-state index in [1.54, 1.807) is 0 Å². The number of benzene rings is 1. The van der Waals surface area contributed by atoms with Crippen molar-refractivity contribution in [3.05, 3.63) is 43.0 Å². The summed E-state index contributed by atoms with van der Waals surface area (Å²) < 4.78 is 18.4. The van der Waals surface area contributed by atoms with Gasteiger partial charge in [-0.25, -0.2) is 4.39 Å². The third-order valence-corrected chi connectivity index (χ3v) is 2.49. The molecule has 0 atom stereocenters. The van der Waals surface area contributed by atoms with Crippen LogP contribution in [0, 0.1) is 15.9 Å². The highest BCUT2D eigenvalue weighted by atomic mass is 79.9. The molecule has 0 aliphatic heterocycles. The molecule has 0 fully saturated rings. The van der Waals surface area contributed by atoms with Crippen LogP contribution < -0.4 is 4.74 Å². The number of nitro benzene ring substituents is 1. The molecule has 0 heterocycles.